The number of rotatable bonds is 3. The van der Waals surface area contributed by atoms with Crippen molar-refractivity contribution in [3.63, 3.8) is 0 Å². The highest BCUT2D eigenvalue weighted by molar-refractivity contribution is 7.91. The average molecular weight is 309 g/mol. The number of hydrogen-bond acceptors (Lipinski definition) is 4. The summed E-state index contributed by atoms with van der Waals surface area (Å²) in [5.74, 6) is 1.09. The Kier molecular flexibility index (Phi) is 3.89. The third-order valence-electron chi connectivity index (χ3n) is 4.14. The van der Waals surface area contributed by atoms with Crippen molar-refractivity contribution in [2.24, 2.45) is 11.8 Å². The van der Waals surface area contributed by atoms with Crippen molar-refractivity contribution in [2.45, 2.75) is 12.8 Å². The first-order valence-corrected chi connectivity index (χ1v) is 9.04. The molecule has 1 fully saturated rings. The highest BCUT2D eigenvalue weighted by atomic mass is 32.2. The highest BCUT2D eigenvalue weighted by Crippen LogP contribution is 2.27. The van der Waals surface area contributed by atoms with Gasteiger partial charge in [0.15, 0.2) is 9.84 Å². The van der Waals surface area contributed by atoms with Gasteiger partial charge in [-0.25, -0.2) is 8.42 Å². The van der Waals surface area contributed by atoms with Gasteiger partial charge in [-0.1, -0.05) is 18.2 Å². The fourth-order valence-corrected chi connectivity index (χ4v) is 4.78. The molecule has 3 rings (SSSR count). The number of hydrogen-bond donors (Lipinski definition) is 1. The largest absolute Gasteiger partial charge is 0.492 e. The topological polar surface area (TPSA) is 72.5 Å². The minimum absolute atomic E-state index is 0.0474. The minimum Gasteiger partial charge on any atom is -0.492 e. The highest BCUT2D eigenvalue weighted by Gasteiger charge is 2.30. The lowest BCUT2D eigenvalue weighted by atomic mass is 9.96. The van der Waals surface area contributed by atoms with E-state index in [0.29, 0.717) is 26.0 Å². The van der Waals surface area contributed by atoms with Crippen LogP contribution >= 0.6 is 0 Å². The van der Waals surface area contributed by atoms with Crippen molar-refractivity contribution in [3.8, 4) is 5.75 Å². The maximum atomic E-state index is 12.2. The molecule has 2 unspecified atom stereocenters. The van der Waals surface area contributed by atoms with E-state index < -0.39 is 9.84 Å². The fraction of sp³-hybridized carbons (Fsp3) is 0.533. The van der Waals surface area contributed by atoms with Gasteiger partial charge >= 0.3 is 0 Å². The Morgan fingerprint density at radius 3 is 2.90 bits per heavy atom. The Bertz CT molecular complexity index is 641. The van der Waals surface area contributed by atoms with E-state index in [4.69, 9.17) is 4.74 Å². The molecule has 0 radical (unpaired) electrons. The van der Waals surface area contributed by atoms with Crippen LogP contribution < -0.4 is 10.1 Å². The molecular weight excluding hydrogens is 290 g/mol. The predicted octanol–water partition coefficient (Wildman–Crippen LogP) is 0.789. The van der Waals surface area contributed by atoms with E-state index in [-0.39, 0.29) is 29.2 Å². The number of ether oxygens (including phenoxy) is 1. The van der Waals surface area contributed by atoms with Gasteiger partial charge in [-0.3, -0.25) is 4.79 Å². The monoisotopic (exact) mass is 309 g/mol. The Balaban J connectivity index is 1.53. The van der Waals surface area contributed by atoms with E-state index >= 15 is 0 Å². The second kappa shape index (κ2) is 5.67. The van der Waals surface area contributed by atoms with E-state index in [1.165, 1.54) is 0 Å². The number of benzene rings is 1. The summed E-state index contributed by atoms with van der Waals surface area (Å²) in [6.07, 6.45) is 1.32. The Morgan fingerprint density at radius 1 is 1.33 bits per heavy atom. The SMILES string of the molecule is O=C(NCC1CCS(=O)(=O)C1)C1COc2ccccc2C1. The molecule has 21 heavy (non-hydrogen) atoms. The average Bonchev–Trinajstić information content (AvgIpc) is 2.83. The summed E-state index contributed by atoms with van der Waals surface area (Å²) in [6.45, 7) is 0.821. The van der Waals surface area contributed by atoms with Crippen LogP contribution in [0, 0.1) is 11.8 Å². The van der Waals surface area contributed by atoms with Crippen LogP contribution in [0.25, 0.3) is 0 Å². The van der Waals surface area contributed by atoms with E-state index in [1.54, 1.807) is 0 Å². The molecule has 0 saturated carbocycles. The molecule has 0 spiro atoms. The van der Waals surface area contributed by atoms with Gasteiger partial charge in [0.05, 0.1) is 17.4 Å². The summed E-state index contributed by atoms with van der Waals surface area (Å²) in [4.78, 5) is 12.2. The molecule has 0 aliphatic carbocycles. The van der Waals surface area contributed by atoms with Crippen LogP contribution in [0.2, 0.25) is 0 Å². The summed E-state index contributed by atoms with van der Waals surface area (Å²) in [5.41, 5.74) is 1.05. The Hall–Kier alpha value is -1.56. The normalized spacial score (nSPS) is 26.7. The molecule has 0 bridgehead atoms. The Morgan fingerprint density at radius 2 is 2.14 bits per heavy atom. The molecule has 1 saturated heterocycles. The molecule has 1 N–H and O–H groups in total. The van der Waals surface area contributed by atoms with Crippen molar-refractivity contribution >= 4 is 15.7 Å². The van der Waals surface area contributed by atoms with E-state index in [9.17, 15) is 13.2 Å². The third kappa shape index (κ3) is 3.37. The fourth-order valence-electron chi connectivity index (χ4n) is 2.92. The number of fused-ring (bicyclic) bond motifs is 1. The first kappa shape index (κ1) is 14.4. The van der Waals surface area contributed by atoms with Gasteiger partial charge < -0.3 is 10.1 Å². The van der Waals surface area contributed by atoms with Gasteiger partial charge in [-0.05, 0) is 30.4 Å². The predicted molar refractivity (Wildman–Crippen MR) is 78.9 cm³/mol. The van der Waals surface area contributed by atoms with Crippen LogP contribution in [0.15, 0.2) is 24.3 Å². The quantitative estimate of drug-likeness (QED) is 0.896. The molecule has 0 aromatic heterocycles. The van der Waals surface area contributed by atoms with Crippen LogP contribution in [-0.2, 0) is 21.1 Å². The summed E-state index contributed by atoms with van der Waals surface area (Å²) < 4.78 is 28.4. The number of para-hydroxylation sites is 1. The number of nitrogens with one attached hydrogen (secondary N) is 1. The Labute approximate surface area is 124 Å². The molecule has 2 aliphatic rings. The number of amides is 1. The lowest BCUT2D eigenvalue weighted by Gasteiger charge is -2.24. The molecule has 2 aliphatic heterocycles. The van der Waals surface area contributed by atoms with Crippen LogP contribution in [0.3, 0.4) is 0 Å². The lowest BCUT2D eigenvalue weighted by molar-refractivity contribution is -0.126. The van der Waals surface area contributed by atoms with Crippen molar-refractivity contribution in [3.05, 3.63) is 29.8 Å². The molecular formula is C15H19NO4S. The van der Waals surface area contributed by atoms with Crippen molar-refractivity contribution in [2.75, 3.05) is 24.7 Å². The molecule has 2 heterocycles. The molecule has 1 aromatic carbocycles. The standard InChI is InChI=1S/C15H19NO4S/c17-15(16-8-11-5-6-21(18,19)10-11)13-7-12-3-1-2-4-14(12)20-9-13/h1-4,11,13H,5-10H2,(H,16,17). The van der Waals surface area contributed by atoms with Gasteiger partial charge in [0.2, 0.25) is 5.91 Å². The second-order valence-corrected chi connectivity index (χ2v) is 8.06. The zero-order valence-corrected chi connectivity index (χ0v) is 12.6. The van der Waals surface area contributed by atoms with Gasteiger partial charge in [-0.2, -0.15) is 0 Å². The zero-order valence-electron chi connectivity index (χ0n) is 11.7. The summed E-state index contributed by atoms with van der Waals surface area (Å²) in [5, 5.41) is 2.88. The number of carbonyl (C=O) groups excluding carboxylic acids is 1. The van der Waals surface area contributed by atoms with Gasteiger partial charge in [-0.15, -0.1) is 0 Å². The number of sulfone groups is 1. The smallest absolute Gasteiger partial charge is 0.226 e. The first-order valence-electron chi connectivity index (χ1n) is 7.22. The maximum absolute atomic E-state index is 12.2. The summed E-state index contributed by atoms with van der Waals surface area (Å²) in [6, 6.07) is 7.73. The lowest BCUT2D eigenvalue weighted by Crippen LogP contribution is -2.39. The van der Waals surface area contributed by atoms with E-state index in [1.807, 2.05) is 24.3 Å². The van der Waals surface area contributed by atoms with Crippen molar-refractivity contribution in [1.29, 1.82) is 0 Å². The first-order chi connectivity index (χ1) is 10.0. The van der Waals surface area contributed by atoms with Crippen LogP contribution in [-0.4, -0.2) is 39.0 Å². The molecule has 114 valence electrons. The molecule has 2 atom stereocenters. The van der Waals surface area contributed by atoms with E-state index in [0.717, 1.165) is 11.3 Å². The number of carbonyl (C=O) groups is 1. The molecule has 1 aromatic rings. The third-order valence-corrected chi connectivity index (χ3v) is 5.98. The van der Waals surface area contributed by atoms with E-state index in [2.05, 4.69) is 5.32 Å². The van der Waals surface area contributed by atoms with Crippen molar-refractivity contribution in [1.82, 2.24) is 5.32 Å². The zero-order chi connectivity index (χ0) is 14.9. The van der Waals surface area contributed by atoms with Crippen LogP contribution in [0.5, 0.6) is 5.75 Å². The molecule has 5 nitrogen and oxygen atoms in total. The summed E-state index contributed by atoms with van der Waals surface area (Å²) in [7, 11) is -2.88. The maximum Gasteiger partial charge on any atom is 0.226 e. The summed E-state index contributed by atoms with van der Waals surface area (Å²) >= 11 is 0. The van der Waals surface area contributed by atoms with Crippen LogP contribution in [0.4, 0.5) is 0 Å². The second-order valence-electron chi connectivity index (χ2n) is 5.83. The molecule has 1 amide bonds. The van der Waals surface area contributed by atoms with Crippen molar-refractivity contribution < 1.29 is 17.9 Å². The van der Waals surface area contributed by atoms with Gasteiger partial charge in [0, 0.05) is 6.54 Å². The van der Waals surface area contributed by atoms with Crippen LogP contribution in [0.1, 0.15) is 12.0 Å². The van der Waals surface area contributed by atoms with Gasteiger partial charge in [0.25, 0.3) is 0 Å². The molecule has 6 heteroatoms. The van der Waals surface area contributed by atoms with Gasteiger partial charge in [0.1, 0.15) is 12.4 Å². The minimum atomic E-state index is -2.88.